The molecule has 0 amide bonds. The van der Waals surface area contributed by atoms with E-state index in [9.17, 15) is 35.5 Å². The SMILES string of the molecule is COC(=O)C(Oc1cc(Cl)ccc1C(F)(F)F)c1cc(F)cc(C(F)(F)F)c1. The Bertz CT molecular complexity index is 878. The highest BCUT2D eigenvalue weighted by Gasteiger charge is 2.37. The average molecular weight is 431 g/mol. The molecule has 0 bridgehead atoms. The number of methoxy groups -OCH3 is 1. The van der Waals surface area contributed by atoms with E-state index >= 15 is 0 Å². The molecule has 0 aliphatic carbocycles. The van der Waals surface area contributed by atoms with Crippen LogP contribution in [-0.4, -0.2) is 13.1 Å². The molecule has 152 valence electrons. The normalized spacial score (nSPS) is 13.2. The number of esters is 1. The molecule has 0 aromatic heterocycles. The number of hydrogen-bond acceptors (Lipinski definition) is 3. The molecule has 0 heterocycles. The van der Waals surface area contributed by atoms with Crippen LogP contribution in [0.5, 0.6) is 5.75 Å². The lowest BCUT2D eigenvalue weighted by atomic mass is 10.0. The van der Waals surface area contributed by atoms with E-state index in [0.717, 1.165) is 19.2 Å². The van der Waals surface area contributed by atoms with Crippen LogP contribution in [-0.2, 0) is 21.9 Å². The molecule has 0 saturated carbocycles. The van der Waals surface area contributed by atoms with Gasteiger partial charge in [0.2, 0.25) is 6.10 Å². The van der Waals surface area contributed by atoms with Gasteiger partial charge in [-0.1, -0.05) is 11.6 Å². The Kier molecular flexibility index (Phi) is 6.12. The third-order valence-electron chi connectivity index (χ3n) is 3.46. The van der Waals surface area contributed by atoms with Crippen molar-refractivity contribution < 1.29 is 45.0 Å². The Balaban J connectivity index is 2.58. The Morgan fingerprint density at radius 2 is 1.64 bits per heavy atom. The van der Waals surface area contributed by atoms with Crippen molar-refractivity contribution in [3.63, 3.8) is 0 Å². The predicted octanol–water partition coefficient (Wildman–Crippen LogP) is 5.81. The first-order valence-corrected chi connectivity index (χ1v) is 7.69. The molecule has 0 radical (unpaired) electrons. The van der Waals surface area contributed by atoms with Crippen LogP contribution in [0.1, 0.15) is 22.8 Å². The van der Waals surface area contributed by atoms with Crippen LogP contribution >= 0.6 is 11.6 Å². The van der Waals surface area contributed by atoms with Crippen molar-refractivity contribution in [3.05, 3.63) is 63.9 Å². The first-order chi connectivity index (χ1) is 12.8. The van der Waals surface area contributed by atoms with Gasteiger partial charge in [-0.3, -0.25) is 0 Å². The minimum atomic E-state index is -4.97. The van der Waals surface area contributed by atoms with Crippen molar-refractivity contribution in [1.29, 1.82) is 0 Å². The van der Waals surface area contributed by atoms with Gasteiger partial charge in [-0.05, 0) is 36.4 Å². The summed E-state index contributed by atoms with van der Waals surface area (Å²) in [7, 11) is 0.839. The third kappa shape index (κ3) is 5.06. The molecular formula is C17H10ClF7O3. The van der Waals surface area contributed by atoms with Gasteiger partial charge in [0.1, 0.15) is 11.6 Å². The fraction of sp³-hybridized carbons (Fsp3) is 0.235. The first-order valence-electron chi connectivity index (χ1n) is 7.32. The number of ether oxygens (including phenoxy) is 2. The van der Waals surface area contributed by atoms with Crippen molar-refractivity contribution in [1.82, 2.24) is 0 Å². The van der Waals surface area contributed by atoms with Crippen LogP contribution in [0.25, 0.3) is 0 Å². The highest BCUT2D eigenvalue weighted by atomic mass is 35.5. The van der Waals surface area contributed by atoms with Gasteiger partial charge in [0.25, 0.3) is 0 Å². The molecule has 0 fully saturated rings. The monoisotopic (exact) mass is 430 g/mol. The summed E-state index contributed by atoms with van der Waals surface area (Å²) in [5, 5.41) is -0.193. The molecule has 2 aromatic carbocycles. The molecule has 0 N–H and O–H groups in total. The molecule has 28 heavy (non-hydrogen) atoms. The highest BCUT2D eigenvalue weighted by Crippen LogP contribution is 2.40. The van der Waals surface area contributed by atoms with Gasteiger partial charge in [0, 0.05) is 10.6 Å². The van der Waals surface area contributed by atoms with E-state index in [4.69, 9.17) is 16.3 Å². The Morgan fingerprint density at radius 3 is 2.18 bits per heavy atom. The van der Waals surface area contributed by atoms with Crippen LogP contribution in [0.15, 0.2) is 36.4 Å². The van der Waals surface area contributed by atoms with E-state index in [1.165, 1.54) is 0 Å². The lowest BCUT2D eigenvalue weighted by Gasteiger charge is -2.21. The molecule has 1 unspecified atom stereocenters. The molecule has 0 aliphatic heterocycles. The summed E-state index contributed by atoms with van der Waals surface area (Å²) in [4.78, 5) is 12.0. The van der Waals surface area contributed by atoms with Crippen LogP contribution in [0.3, 0.4) is 0 Å². The molecule has 3 nitrogen and oxygen atoms in total. The lowest BCUT2D eigenvalue weighted by Crippen LogP contribution is -2.22. The van der Waals surface area contributed by atoms with Gasteiger partial charge in [-0.2, -0.15) is 26.3 Å². The van der Waals surface area contributed by atoms with Crippen molar-refractivity contribution in [2.75, 3.05) is 7.11 Å². The van der Waals surface area contributed by atoms with Gasteiger partial charge in [-0.15, -0.1) is 0 Å². The minimum absolute atomic E-state index is 0.165. The first kappa shape index (κ1) is 21.8. The van der Waals surface area contributed by atoms with Gasteiger partial charge >= 0.3 is 18.3 Å². The zero-order valence-corrected chi connectivity index (χ0v) is 14.5. The number of hydrogen-bond donors (Lipinski definition) is 0. The number of benzene rings is 2. The number of carbonyl (C=O) groups excluding carboxylic acids is 1. The summed E-state index contributed by atoms with van der Waals surface area (Å²) in [5.41, 5.74) is -3.48. The Labute approximate surface area is 158 Å². The second-order valence-electron chi connectivity index (χ2n) is 5.43. The maximum Gasteiger partial charge on any atom is 0.419 e. The maximum atomic E-state index is 13.6. The largest absolute Gasteiger partial charge is 0.473 e. The second-order valence-corrected chi connectivity index (χ2v) is 5.87. The molecule has 2 rings (SSSR count). The fourth-order valence-electron chi connectivity index (χ4n) is 2.24. The third-order valence-corrected chi connectivity index (χ3v) is 3.69. The summed E-state index contributed by atoms with van der Waals surface area (Å²) in [6, 6.07) is 3.27. The summed E-state index contributed by atoms with van der Waals surface area (Å²) in [5.74, 6) is -3.65. The number of halogens is 8. The number of rotatable bonds is 4. The number of alkyl halides is 6. The van der Waals surface area contributed by atoms with Crippen molar-refractivity contribution >= 4 is 17.6 Å². The van der Waals surface area contributed by atoms with E-state index in [-0.39, 0.29) is 11.1 Å². The van der Waals surface area contributed by atoms with Gasteiger partial charge in [0.15, 0.2) is 0 Å². The molecule has 1 atom stereocenters. The van der Waals surface area contributed by atoms with Crippen LogP contribution in [0.2, 0.25) is 5.02 Å². The van der Waals surface area contributed by atoms with E-state index in [2.05, 4.69) is 4.74 Å². The Hall–Kier alpha value is -2.49. The van der Waals surface area contributed by atoms with Gasteiger partial charge in [0.05, 0.1) is 18.2 Å². The molecule has 0 spiro atoms. The molecular weight excluding hydrogens is 421 g/mol. The fourth-order valence-corrected chi connectivity index (χ4v) is 2.40. The van der Waals surface area contributed by atoms with E-state index in [1.807, 2.05) is 0 Å². The summed E-state index contributed by atoms with van der Waals surface area (Å²) in [6.07, 6.45) is -12.0. The Morgan fingerprint density at radius 1 is 1.00 bits per heavy atom. The quantitative estimate of drug-likeness (QED) is 0.453. The minimum Gasteiger partial charge on any atom is -0.473 e. The predicted molar refractivity (Wildman–Crippen MR) is 83.2 cm³/mol. The topological polar surface area (TPSA) is 35.5 Å². The summed E-state index contributed by atoms with van der Waals surface area (Å²) < 4.78 is 101. The summed E-state index contributed by atoms with van der Waals surface area (Å²) in [6.45, 7) is 0. The van der Waals surface area contributed by atoms with Gasteiger partial charge < -0.3 is 9.47 Å². The van der Waals surface area contributed by atoms with Crippen LogP contribution < -0.4 is 4.74 Å². The van der Waals surface area contributed by atoms with Crippen LogP contribution in [0.4, 0.5) is 30.7 Å². The smallest absolute Gasteiger partial charge is 0.419 e. The zero-order chi connectivity index (χ0) is 21.3. The molecule has 0 aliphatic rings. The molecule has 0 saturated heterocycles. The average Bonchev–Trinajstić information content (AvgIpc) is 2.56. The van der Waals surface area contributed by atoms with Crippen molar-refractivity contribution in [2.24, 2.45) is 0 Å². The highest BCUT2D eigenvalue weighted by molar-refractivity contribution is 6.30. The number of carbonyl (C=O) groups is 1. The second kappa shape index (κ2) is 7.86. The molecule has 11 heteroatoms. The summed E-state index contributed by atoms with van der Waals surface area (Å²) >= 11 is 5.65. The molecule has 2 aromatic rings. The standard InChI is InChI=1S/C17H10ClF7O3/c1-27-15(26)14(8-4-9(16(20,21)22)6-11(19)5-8)28-13-7-10(18)2-3-12(13)17(23,24)25/h2-7,14H,1H3. The van der Waals surface area contributed by atoms with Crippen LogP contribution in [0, 0.1) is 5.82 Å². The van der Waals surface area contributed by atoms with Crippen molar-refractivity contribution in [3.8, 4) is 5.75 Å². The maximum absolute atomic E-state index is 13.6. The van der Waals surface area contributed by atoms with E-state index in [0.29, 0.717) is 18.2 Å². The zero-order valence-electron chi connectivity index (χ0n) is 13.8. The van der Waals surface area contributed by atoms with E-state index < -0.39 is 52.7 Å². The lowest BCUT2D eigenvalue weighted by molar-refractivity contribution is -0.151. The van der Waals surface area contributed by atoms with E-state index in [1.54, 1.807) is 0 Å². The van der Waals surface area contributed by atoms with Crippen molar-refractivity contribution in [2.45, 2.75) is 18.5 Å². The van der Waals surface area contributed by atoms with Gasteiger partial charge in [-0.25, -0.2) is 9.18 Å².